The first-order chi connectivity index (χ1) is 14.2. The molecular weight excluding hydrogens is 388 g/mol. The second-order valence-electron chi connectivity index (χ2n) is 6.00. The summed E-state index contributed by atoms with van der Waals surface area (Å²) in [4.78, 5) is 16.3. The maximum atomic E-state index is 12.3. The van der Waals surface area contributed by atoms with Crippen LogP contribution in [-0.4, -0.2) is 43.1 Å². The van der Waals surface area contributed by atoms with Crippen LogP contribution >= 0.6 is 11.8 Å². The summed E-state index contributed by atoms with van der Waals surface area (Å²) in [6.07, 6.45) is 3.39. The summed E-state index contributed by atoms with van der Waals surface area (Å²) in [6.45, 7) is 2.53. The molecule has 1 N–H and O–H groups in total. The number of benzene rings is 1. The molecule has 4 aromatic rings. The minimum atomic E-state index is -0.112. The van der Waals surface area contributed by atoms with Crippen molar-refractivity contribution in [2.24, 2.45) is 0 Å². The molecular formula is C20H18N6O2S. The van der Waals surface area contributed by atoms with Crippen LogP contribution in [-0.2, 0) is 4.79 Å². The molecule has 0 saturated heterocycles. The number of fused-ring (bicyclic) bond motifs is 1. The van der Waals surface area contributed by atoms with Gasteiger partial charge >= 0.3 is 0 Å². The Morgan fingerprint density at radius 2 is 1.86 bits per heavy atom. The molecule has 0 unspecified atom stereocenters. The van der Waals surface area contributed by atoms with E-state index in [2.05, 4.69) is 25.6 Å². The molecule has 3 aromatic heterocycles. The van der Waals surface area contributed by atoms with Gasteiger partial charge in [-0.05, 0) is 55.5 Å². The summed E-state index contributed by atoms with van der Waals surface area (Å²) >= 11 is 1.34. The molecule has 0 aliphatic carbocycles. The standard InChI is InChI=1S/C20H18N6O2S/c1-2-28-16-5-3-15(4-6-16)22-18(27)13-29-19-8-7-17-23-24-20(26(17)25-19)14-9-11-21-12-10-14/h3-12H,2,13H2,1H3,(H,22,27). The zero-order valence-electron chi connectivity index (χ0n) is 15.6. The summed E-state index contributed by atoms with van der Waals surface area (Å²) in [5.41, 5.74) is 2.23. The van der Waals surface area contributed by atoms with Crippen molar-refractivity contribution in [1.82, 2.24) is 24.8 Å². The Kier molecular flexibility index (Phi) is 5.66. The molecule has 1 aromatic carbocycles. The molecule has 0 radical (unpaired) electrons. The quantitative estimate of drug-likeness (QED) is 0.471. The molecule has 4 rings (SSSR count). The lowest BCUT2D eigenvalue weighted by atomic mass is 10.2. The van der Waals surface area contributed by atoms with Crippen molar-refractivity contribution >= 4 is 29.0 Å². The van der Waals surface area contributed by atoms with Crippen molar-refractivity contribution in [2.75, 3.05) is 17.7 Å². The highest BCUT2D eigenvalue weighted by Crippen LogP contribution is 2.21. The van der Waals surface area contributed by atoms with Crippen LogP contribution in [0.1, 0.15) is 6.92 Å². The largest absolute Gasteiger partial charge is 0.494 e. The zero-order chi connectivity index (χ0) is 20.1. The van der Waals surface area contributed by atoms with Gasteiger partial charge in [0.05, 0.1) is 12.4 Å². The van der Waals surface area contributed by atoms with Gasteiger partial charge in [-0.3, -0.25) is 9.78 Å². The molecule has 0 spiro atoms. The summed E-state index contributed by atoms with van der Waals surface area (Å²) < 4.78 is 7.07. The van der Waals surface area contributed by atoms with Gasteiger partial charge in [0, 0.05) is 23.6 Å². The van der Waals surface area contributed by atoms with Gasteiger partial charge in [-0.25, -0.2) is 0 Å². The fraction of sp³-hybridized carbons (Fsp3) is 0.150. The lowest BCUT2D eigenvalue weighted by Crippen LogP contribution is -2.14. The van der Waals surface area contributed by atoms with Crippen LogP contribution in [0.3, 0.4) is 0 Å². The Morgan fingerprint density at radius 3 is 2.62 bits per heavy atom. The van der Waals surface area contributed by atoms with E-state index in [0.29, 0.717) is 23.1 Å². The molecule has 0 atom stereocenters. The highest BCUT2D eigenvalue weighted by Gasteiger charge is 2.11. The monoisotopic (exact) mass is 406 g/mol. The molecule has 0 aliphatic heterocycles. The van der Waals surface area contributed by atoms with E-state index in [1.807, 2.05) is 55.5 Å². The number of nitrogens with one attached hydrogen (secondary N) is 1. The van der Waals surface area contributed by atoms with Crippen molar-refractivity contribution in [1.29, 1.82) is 0 Å². The first kappa shape index (κ1) is 18.9. The third-order valence-corrected chi connectivity index (χ3v) is 4.90. The van der Waals surface area contributed by atoms with Crippen LogP contribution in [0.4, 0.5) is 5.69 Å². The summed E-state index contributed by atoms with van der Waals surface area (Å²) in [5, 5.41) is 16.5. The fourth-order valence-corrected chi connectivity index (χ4v) is 3.32. The molecule has 0 bridgehead atoms. The third kappa shape index (κ3) is 4.52. The first-order valence-electron chi connectivity index (χ1n) is 9.01. The van der Waals surface area contributed by atoms with Crippen LogP contribution in [0.5, 0.6) is 5.75 Å². The summed E-state index contributed by atoms with van der Waals surface area (Å²) in [5.74, 6) is 1.53. The molecule has 3 heterocycles. The van der Waals surface area contributed by atoms with Gasteiger partial charge in [0.25, 0.3) is 0 Å². The lowest BCUT2D eigenvalue weighted by molar-refractivity contribution is -0.113. The smallest absolute Gasteiger partial charge is 0.234 e. The maximum absolute atomic E-state index is 12.3. The number of anilines is 1. The van der Waals surface area contributed by atoms with E-state index >= 15 is 0 Å². The first-order valence-corrected chi connectivity index (χ1v) is 10.00. The zero-order valence-corrected chi connectivity index (χ0v) is 16.5. The van der Waals surface area contributed by atoms with Crippen LogP contribution in [0, 0.1) is 0 Å². The van der Waals surface area contributed by atoms with Crippen LogP contribution in [0.2, 0.25) is 0 Å². The summed E-state index contributed by atoms with van der Waals surface area (Å²) in [7, 11) is 0. The Labute approximate surface area is 171 Å². The van der Waals surface area contributed by atoms with Crippen molar-refractivity contribution in [3.8, 4) is 17.1 Å². The van der Waals surface area contributed by atoms with Gasteiger partial charge in [-0.2, -0.15) is 9.61 Å². The van der Waals surface area contributed by atoms with Crippen molar-refractivity contribution in [3.63, 3.8) is 0 Å². The summed E-state index contributed by atoms with van der Waals surface area (Å²) in [6, 6.07) is 14.6. The molecule has 146 valence electrons. The van der Waals surface area contributed by atoms with Crippen LogP contribution in [0.25, 0.3) is 17.0 Å². The minimum absolute atomic E-state index is 0.112. The van der Waals surface area contributed by atoms with E-state index in [4.69, 9.17) is 4.74 Å². The molecule has 29 heavy (non-hydrogen) atoms. The lowest BCUT2D eigenvalue weighted by Gasteiger charge is -2.07. The fourth-order valence-electron chi connectivity index (χ4n) is 2.67. The molecule has 0 saturated carbocycles. The highest BCUT2D eigenvalue weighted by atomic mass is 32.2. The predicted molar refractivity (Wildman–Crippen MR) is 111 cm³/mol. The minimum Gasteiger partial charge on any atom is -0.494 e. The highest BCUT2D eigenvalue weighted by molar-refractivity contribution is 7.99. The van der Waals surface area contributed by atoms with Crippen molar-refractivity contribution in [3.05, 3.63) is 60.9 Å². The van der Waals surface area contributed by atoms with Crippen LogP contribution < -0.4 is 10.1 Å². The number of ether oxygens (including phenoxy) is 1. The van der Waals surface area contributed by atoms with E-state index < -0.39 is 0 Å². The number of aromatic nitrogens is 5. The van der Waals surface area contributed by atoms with E-state index in [1.54, 1.807) is 16.9 Å². The second-order valence-corrected chi connectivity index (χ2v) is 6.99. The van der Waals surface area contributed by atoms with E-state index in [-0.39, 0.29) is 11.7 Å². The average Bonchev–Trinajstić information content (AvgIpc) is 3.18. The van der Waals surface area contributed by atoms with Gasteiger partial charge < -0.3 is 10.1 Å². The van der Waals surface area contributed by atoms with Gasteiger partial charge in [-0.1, -0.05) is 11.8 Å². The Morgan fingerprint density at radius 1 is 1.07 bits per heavy atom. The number of thioether (sulfide) groups is 1. The number of hydrogen-bond donors (Lipinski definition) is 1. The molecule has 0 aliphatic rings. The van der Waals surface area contributed by atoms with Gasteiger partial charge in [-0.15, -0.1) is 10.2 Å². The van der Waals surface area contributed by atoms with Crippen LogP contribution in [0.15, 0.2) is 66.0 Å². The van der Waals surface area contributed by atoms with Crippen molar-refractivity contribution < 1.29 is 9.53 Å². The topological polar surface area (TPSA) is 94.3 Å². The third-order valence-electron chi connectivity index (χ3n) is 3.98. The van der Waals surface area contributed by atoms with E-state index in [0.717, 1.165) is 17.0 Å². The number of pyridine rings is 1. The molecule has 0 fully saturated rings. The van der Waals surface area contributed by atoms with E-state index in [9.17, 15) is 4.79 Å². The van der Waals surface area contributed by atoms with E-state index in [1.165, 1.54) is 11.8 Å². The number of carbonyl (C=O) groups is 1. The van der Waals surface area contributed by atoms with Crippen molar-refractivity contribution in [2.45, 2.75) is 11.9 Å². The molecule has 1 amide bonds. The van der Waals surface area contributed by atoms with Gasteiger partial charge in [0.15, 0.2) is 11.5 Å². The SMILES string of the molecule is CCOc1ccc(NC(=O)CSc2ccc3nnc(-c4ccncc4)n3n2)cc1. The average molecular weight is 406 g/mol. The number of rotatable bonds is 7. The second kappa shape index (κ2) is 8.70. The van der Waals surface area contributed by atoms with Gasteiger partial charge in [0.2, 0.25) is 5.91 Å². The number of hydrogen-bond acceptors (Lipinski definition) is 7. The Hall–Kier alpha value is -3.46. The normalized spacial score (nSPS) is 10.8. The Bertz CT molecular complexity index is 1110. The number of nitrogens with zero attached hydrogens (tertiary/aromatic N) is 5. The predicted octanol–water partition coefficient (Wildman–Crippen LogP) is 3.32. The maximum Gasteiger partial charge on any atom is 0.234 e. The number of carbonyl (C=O) groups excluding carboxylic acids is 1. The molecule has 9 heteroatoms. The molecule has 8 nitrogen and oxygen atoms in total. The van der Waals surface area contributed by atoms with Gasteiger partial charge in [0.1, 0.15) is 10.8 Å². The number of amides is 1. The Balaban J connectivity index is 1.42.